The van der Waals surface area contributed by atoms with Crippen LogP contribution in [0.3, 0.4) is 0 Å². The lowest BCUT2D eigenvalue weighted by Crippen LogP contribution is -2.28. The highest BCUT2D eigenvalue weighted by Crippen LogP contribution is 2.16. The highest BCUT2D eigenvalue weighted by atomic mass is 16.6. The van der Waals surface area contributed by atoms with Crippen LogP contribution in [0, 0.1) is 0 Å². The number of carbonyl (C=O) groups is 2. The van der Waals surface area contributed by atoms with Crippen LogP contribution >= 0.6 is 0 Å². The lowest BCUT2D eigenvalue weighted by Gasteiger charge is -2.15. The Labute approximate surface area is 396 Å². The molecule has 0 aromatic rings. The van der Waals surface area contributed by atoms with Crippen LogP contribution in [0.1, 0.15) is 245 Å². The molecule has 0 aliphatic rings. The van der Waals surface area contributed by atoms with Crippen molar-refractivity contribution in [3.05, 3.63) is 97.2 Å². The summed E-state index contributed by atoms with van der Waals surface area (Å²) in [7, 11) is 0. The molecule has 0 aromatic heterocycles. The van der Waals surface area contributed by atoms with Gasteiger partial charge in [0.25, 0.3) is 0 Å². The van der Waals surface area contributed by atoms with Gasteiger partial charge < -0.3 is 14.6 Å². The molecule has 5 heteroatoms. The minimum absolute atomic E-state index is 0.0712. The molecule has 0 bridgehead atoms. The molecule has 0 aliphatic heterocycles. The molecule has 1 N–H and O–H groups in total. The molecule has 1 atom stereocenters. The Hall–Kier alpha value is -3.18. The zero-order valence-electron chi connectivity index (χ0n) is 41.8. The minimum atomic E-state index is -0.776. The van der Waals surface area contributed by atoms with E-state index >= 15 is 0 Å². The van der Waals surface area contributed by atoms with Gasteiger partial charge >= 0.3 is 11.9 Å². The molecule has 0 amide bonds. The Morgan fingerprint density at radius 1 is 0.375 bits per heavy atom. The van der Waals surface area contributed by atoms with Crippen molar-refractivity contribution >= 4 is 11.9 Å². The van der Waals surface area contributed by atoms with E-state index in [4.69, 9.17) is 9.47 Å². The fraction of sp³-hybridized carbons (Fsp3) is 0.695. The molecular formula is C59H100O5. The molecule has 366 valence electrons. The molecular weight excluding hydrogens is 789 g/mol. The van der Waals surface area contributed by atoms with Crippen LogP contribution < -0.4 is 0 Å². The maximum absolute atomic E-state index is 12.2. The van der Waals surface area contributed by atoms with Gasteiger partial charge in [0.05, 0.1) is 6.61 Å². The molecule has 0 aliphatic carbocycles. The highest BCUT2D eigenvalue weighted by molar-refractivity contribution is 5.70. The first-order valence-corrected chi connectivity index (χ1v) is 26.8. The number of allylic oxidation sites excluding steroid dienone is 16. The molecule has 0 saturated heterocycles. The number of carbonyl (C=O) groups excluding carboxylic acids is 2. The van der Waals surface area contributed by atoms with E-state index in [9.17, 15) is 14.7 Å². The highest BCUT2D eigenvalue weighted by Gasteiger charge is 2.16. The number of aliphatic hydroxyl groups is 1. The van der Waals surface area contributed by atoms with Crippen molar-refractivity contribution in [3.8, 4) is 0 Å². The van der Waals surface area contributed by atoms with Gasteiger partial charge in [0.1, 0.15) is 6.61 Å². The quantitative estimate of drug-likeness (QED) is 0.0374. The Morgan fingerprint density at radius 3 is 1.03 bits per heavy atom. The van der Waals surface area contributed by atoms with Crippen LogP contribution in [-0.2, 0) is 19.1 Å². The lowest BCUT2D eigenvalue weighted by atomic mass is 10.0. The molecule has 0 heterocycles. The maximum Gasteiger partial charge on any atom is 0.306 e. The zero-order valence-corrected chi connectivity index (χ0v) is 41.8. The summed E-state index contributed by atoms with van der Waals surface area (Å²) in [6.07, 6.45) is 76.7. The van der Waals surface area contributed by atoms with Crippen LogP contribution in [-0.4, -0.2) is 36.4 Å². The van der Waals surface area contributed by atoms with E-state index in [-0.39, 0.29) is 25.2 Å². The van der Waals surface area contributed by atoms with Gasteiger partial charge in [-0.3, -0.25) is 9.59 Å². The van der Waals surface area contributed by atoms with E-state index in [1.165, 1.54) is 128 Å². The molecule has 0 saturated carbocycles. The second-order valence-corrected chi connectivity index (χ2v) is 17.6. The van der Waals surface area contributed by atoms with Gasteiger partial charge in [-0.25, -0.2) is 0 Å². The van der Waals surface area contributed by atoms with Crippen molar-refractivity contribution in [3.63, 3.8) is 0 Å². The number of hydrogen-bond acceptors (Lipinski definition) is 5. The van der Waals surface area contributed by atoms with Gasteiger partial charge in [0.2, 0.25) is 0 Å². The van der Waals surface area contributed by atoms with Crippen molar-refractivity contribution < 1.29 is 24.2 Å². The summed E-state index contributed by atoms with van der Waals surface area (Å²) in [4.78, 5) is 24.3. The predicted octanol–water partition coefficient (Wildman–Crippen LogP) is 18.0. The summed E-state index contributed by atoms with van der Waals surface area (Å²) < 4.78 is 10.6. The monoisotopic (exact) mass is 889 g/mol. The van der Waals surface area contributed by atoms with Crippen LogP contribution in [0.4, 0.5) is 0 Å². The van der Waals surface area contributed by atoms with Crippen LogP contribution in [0.25, 0.3) is 0 Å². The molecule has 0 radical (unpaired) electrons. The van der Waals surface area contributed by atoms with E-state index in [0.717, 1.165) is 89.9 Å². The Kier molecular flexibility index (Phi) is 51.5. The number of ether oxygens (including phenoxy) is 2. The van der Waals surface area contributed by atoms with Gasteiger partial charge in [-0.1, -0.05) is 239 Å². The minimum Gasteiger partial charge on any atom is -0.462 e. The summed E-state index contributed by atoms with van der Waals surface area (Å²) in [5.74, 6) is -0.600. The summed E-state index contributed by atoms with van der Waals surface area (Å²) in [6, 6.07) is 0. The Morgan fingerprint density at radius 2 is 0.672 bits per heavy atom. The van der Waals surface area contributed by atoms with Crippen LogP contribution in [0.15, 0.2) is 97.2 Å². The fourth-order valence-corrected chi connectivity index (χ4v) is 7.34. The maximum atomic E-state index is 12.2. The van der Waals surface area contributed by atoms with Crippen molar-refractivity contribution in [1.82, 2.24) is 0 Å². The molecule has 64 heavy (non-hydrogen) atoms. The number of rotatable bonds is 48. The molecule has 0 spiro atoms. The van der Waals surface area contributed by atoms with E-state index in [2.05, 4.69) is 111 Å². The smallest absolute Gasteiger partial charge is 0.306 e. The predicted molar refractivity (Wildman–Crippen MR) is 279 cm³/mol. The van der Waals surface area contributed by atoms with E-state index < -0.39 is 6.10 Å². The third kappa shape index (κ3) is 51.5. The van der Waals surface area contributed by atoms with Crippen LogP contribution in [0.5, 0.6) is 0 Å². The molecule has 1 unspecified atom stereocenters. The van der Waals surface area contributed by atoms with Crippen LogP contribution in [0.2, 0.25) is 0 Å². The average molecular weight is 889 g/mol. The first kappa shape index (κ1) is 60.8. The Balaban J connectivity index is 3.47. The first-order valence-electron chi connectivity index (χ1n) is 26.8. The van der Waals surface area contributed by atoms with Crippen molar-refractivity contribution in [2.75, 3.05) is 13.2 Å². The number of hydrogen-bond donors (Lipinski definition) is 1. The first-order chi connectivity index (χ1) is 31.6. The third-order valence-electron chi connectivity index (χ3n) is 11.4. The fourth-order valence-electron chi connectivity index (χ4n) is 7.34. The van der Waals surface area contributed by atoms with Crippen molar-refractivity contribution in [2.45, 2.75) is 251 Å². The number of aliphatic hydroxyl groups excluding tert-OH is 1. The van der Waals surface area contributed by atoms with E-state index in [1.807, 2.05) is 0 Å². The van der Waals surface area contributed by atoms with E-state index in [1.54, 1.807) is 0 Å². The van der Waals surface area contributed by atoms with Gasteiger partial charge in [0.15, 0.2) is 6.10 Å². The molecule has 0 fully saturated rings. The van der Waals surface area contributed by atoms with Gasteiger partial charge in [-0.15, -0.1) is 0 Å². The number of esters is 2. The number of unbranched alkanes of at least 4 members (excludes halogenated alkanes) is 24. The second-order valence-electron chi connectivity index (χ2n) is 17.6. The summed E-state index contributed by atoms with van der Waals surface area (Å²) >= 11 is 0. The summed E-state index contributed by atoms with van der Waals surface area (Å²) in [6.45, 7) is 3.98. The normalized spacial score (nSPS) is 13.0. The van der Waals surface area contributed by atoms with Gasteiger partial charge in [-0.05, 0) is 89.9 Å². The zero-order chi connectivity index (χ0) is 46.3. The Bertz CT molecular complexity index is 1230. The summed E-state index contributed by atoms with van der Waals surface area (Å²) in [5.41, 5.74) is 0. The lowest BCUT2D eigenvalue weighted by molar-refractivity contribution is -0.161. The standard InChI is InChI=1S/C59H100O5/c1-3-5-7-9-11-13-15-16-17-18-19-20-21-22-23-24-25-26-27-28-29-30-31-32-33-34-35-36-37-38-39-40-41-42-44-46-48-50-52-54-59(62)64-57(55-60)56-63-58(61)53-51-49-47-45-43-14-12-10-8-6-4-2/h5,7,10-13,16-17,19-20,22-23,25-26,28-29,57,60H,3-4,6,8-9,14-15,18,21,24,27,30-56H2,1-2H3/b7-5-,12-10-,13-11-,17-16-,20-19-,23-22-,26-25-,29-28-. The molecule has 0 aromatic carbocycles. The van der Waals surface area contributed by atoms with Gasteiger partial charge in [0, 0.05) is 12.8 Å². The third-order valence-corrected chi connectivity index (χ3v) is 11.4. The molecule has 5 nitrogen and oxygen atoms in total. The molecule has 0 rings (SSSR count). The second kappa shape index (κ2) is 54.2. The van der Waals surface area contributed by atoms with Gasteiger partial charge in [-0.2, -0.15) is 0 Å². The van der Waals surface area contributed by atoms with Crippen molar-refractivity contribution in [2.24, 2.45) is 0 Å². The average Bonchev–Trinajstić information content (AvgIpc) is 3.30. The van der Waals surface area contributed by atoms with Crippen molar-refractivity contribution in [1.29, 1.82) is 0 Å². The SMILES string of the molecule is CC/C=C\C/C=C\C/C=C\C/C=C\C/C=C\C/C=C\C/C=C\CCCCCCCCCCCCCCCCCCCC(=O)OC(CO)COC(=O)CCCCCCC/C=C\CCCC. The topological polar surface area (TPSA) is 72.8 Å². The summed E-state index contributed by atoms with van der Waals surface area (Å²) in [5, 5.41) is 9.59. The largest absolute Gasteiger partial charge is 0.462 e. The van der Waals surface area contributed by atoms with E-state index in [0.29, 0.717) is 12.8 Å².